The Labute approximate surface area is 170 Å². The van der Waals surface area contributed by atoms with Crippen LogP contribution in [-0.4, -0.2) is 31.8 Å². The van der Waals surface area contributed by atoms with Gasteiger partial charge in [0.15, 0.2) is 0 Å². The van der Waals surface area contributed by atoms with Gasteiger partial charge in [0.25, 0.3) is 0 Å². The van der Waals surface area contributed by atoms with Crippen LogP contribution in [0.1, 0.15) is 110 Å². The van der Waals surface area contributed by atoms with Crippen LogP contribution in [0.3, 0.4) is 0 Å². The molecule has 27 heavy (non-hydrogen) atoms. The lowest BCUT2D eigenvalue weighted by molar-refractivity contribution is -0.188. The Hall–Kier alpha value is 0.234. The molecule has 0 aliphatic heterocycles. The summed E-state index contributed by atoms with van der Waals surface area (Å²) in [7, 11) is -6.63. The van der Waals surface area contributed by atoms with Gasteiger partial charge in [0.05, 0.1) is 0 Å². The highest BCUT2D eigenvalue weighted by Crippen LogP contribution is 2.19. The summed E-state index contributed by atoms with van der Waals surface area (Å²) < 4.78 is 9.41. The maximum Gasteiger partial charge on any atom is 0.698 e. The first-order chi connectivity index (χ1) is 12.8. The highest BCUT2D eigenvalue weighted by molar-refractivity contribution is 6.71. The summed E-state index contributed by atoms with van der Waals surface area (Å²) >= 11 is 0. The minimum atomic E-state index is -4.55. The van der Waals surface area contributed by atoms with Crippen molar-refractivity contribution < 1.29 is 23.5 Å². The molecule has 7 heteroatoms. The van der Waals surface area contributed by atoms with Crippen molar-refractivity contribution in [3.63, 3.8) is 0 Å². The Morgan fingerprint density at radius 2 is 0.852 bits per heavy atom. The Morgan fingerprint density at radius 3 is 1.19 bits per heavy atom. The van der Waals surface area contributed by atoms with Crippen molar-refractivity contribution in [3.8, 4) is 0 Å². The molecule has 0 amide bonds. The van der Waals surface area contributed by atoms with Gasteiger partial charge in [0, 0.05) is 0 Å². The molecular weight excluding hydrogens is 376 g/mol. The largest absolute Gasteiger partial charge is 0.698 e. The topological polar surface area (TPSA) is 79.2 Å². The summed E-state index contributed by atoms with van der Waals surface area (Å²) in [5.41, 5.74) is 0. The monoisotopic (exact) mass is 422 g/mol. The molecule has 0 aliphatic rings. The second kappa shape index (κ2) is 17.1. The van der Waals surface area contributed by atoms with Crippen LogP contribution in [0.15, 0.2) is 0 Å². The van der Waals surface area contributed by atoms with Gasteiger partial charge in [-0.05, 0) is 19.1 Å². The normalized spacial score (nSPS) is 12.7. The zero-order valence-electron chi connectivity index (χ0n) is 18.2. The van der Waals surface area contributed by atoms with Crippen LogP contribution in [0.4, 0.5) is 0 Å². The van der Waals surface area contributed by atoms with E-state index in [-0.39, 0.29) is 0 Å². The van der Waals surface area contributed by atoms with Gasteiger partial charge in [-0.1, -0.05) is 110 Å². The van der Waals surface area contributed by atoms with Crippen molar-refractivity contribution in [2.24, 2.45) is 0 Å². The van der Waals surface area contributed by atoms with E-state index in [0.717, 1.165) is 12.5 Å². The van der Waals surface area contributed by atoms with Gasteiger partial charge in [-0.2, -0.15) is 0 Å². The lowest BCUT2D eigenvalue weighted by Gasteiger charge is -2.22. The standard InChI is InChI=1S/C20H46O5Si2/c1-4-5-6-7-8-9-10-11-12-13-14-15-16-17-18-19-20-26(2,3)24-25-27(21,22)23/h21-23H,4-20H2,1-3H3. The van der Waals surface area contributed by atoms with Crippen molar-refractivity contribution in [2.45, 2.75) is 129 Å². The van der Waals surface area contributed by atoms with E-state index in [1.54, 1.807) is 0 Å². The van der Waals surface area contributed by atoms with Gasteiger partial charge < -0.3 is 14.4 Å². The minimum Gasteiger partial charge on any atom is -0.366 e. The van der Waals surface area contributed by atoms with E-state index in [1.165, 1.54) is 96.3 Å². The van der Waals surface area contributed by atoms with E-state index in [4.69, 9.17) is 19.0 Å². The molecule has 0 atom stereocenters. The minimum absolute atomic E-state index is 0.899. The summed E-state index contributed by atoms with van der Waals surface area (Å²) in [4.78, 5) is 26.5. The van der Waals surface area contributed by atoms with E-state index in [0.29, 0.717) is 0 Å². The molecule has 0 bridgehead atoms. The molecule has 0 aromatic heterocycles. The smallest absolute Gasteiger partial charge is 0.366 e. The molecule has 5 nitrogen and oxygen atoms in total. The van der Waals surface area contributed by atoms with Crippen molar-refractivity contribution in [3.05, 3.63) is 0 Å². The van der Waals surface area contributed by atoms with Crippen molar-refractivity contribution in [1.82, 2.24) is 0 Å². The highest BCUT2D eigenvalue weighted by atomic mass is 28.4. The molecule has 0 aliphatic carbocycles. The molecule has 0 aromatic rings. The first-order valence-electron chi connectivity index (χ1n) is 11.3. The number of hydrogen-bond acceptors (Lipinski definition) is 5. The van der Waals surface area contributed by atoms with Crippen LogP contribution in [0.25, 0.3) is 0 Å². The number of unbranched alkanes of at least 4 members (excludes halogenated alkanes) is 15. The number of hydrogen-bond donors (Lipinski definition) is 3. The molecule has 0 radical (unpaired) electrons. The van der Waals surface area contributed by atoms with Gasteiger partial charge in [-0.15, -0.1) is 0 Å². The van der Waals surface area contributed by atoms with Gasteiger partial charge in [-0.25, -0.2) is 4.58 Å². The fourth-order valence-corrected chi connectivity index (χ4v) is 5.84. The molecule has 0 rings (SSSR count). The van der Waals surface area contributed by atoms with Gasteiger partial charge in [0.1, 0.15) is 0 Å². The first-order valence-corrected chi connectivity index (χ1v) is 16.2. The average molecular weight is 423 g/mol. The van der Waals surface area contributed by atoms with E-state index < -0.39 is 17.4 Å². The van der Waals surface area contributed by atoms with Crippen LogP contribution in [0.5, 0.6) is 0 Å². The summed E-state index contributed by atoms with van der Waals surface area (Å²) in [6, 6.07) is 0.899. The second-order valence-corrected chi connectivity index (χ2v) is 14.1. The Kier molecular flexibility index (Phi) is 17.3. The molecule has 0 saturated heterocycles. The maximum absolute atomic E-state index is 8.82. The summed E-state index contributed by atoms with van der Waals surface area (Å²) in [5, 5.41) is 0. The van der Waals surface area contributed by atoms with Gasteiger partial charge in [0.2, 0.25) is 8.32 Å². The van der Waals surface area contributed by atoms with Crippen LogP contribution >= 0.6 is 0 Å². The highest BCUT2D eigenvalue weighted by Gasteiger charge is 2.36. The fourth-order valence-electron chi connectivity index (χ4n) is 3.31. The summed E-state index contributed by atoms with van der Waals surface area (Å²) in [5.74, 6) is 0. The molecular formula is C20H46O5Si2. The second-order valence-electron chi connectivity index (χ2n) is 8.55. The SMILES string of the molecule is CCCCCCCCCCCCCCCCCC[Si](C)(C)OO[Si](O)(O)O. The summed E-state index contributed by atoms with van der Waals surface area (Å²) in [6.07, 6.45) is 21.6. The quantitative estimate of drug-likeness (QED) is 0.0997. The van der Waals surface area contributed by atoms with Gasteiger partial charge in [-0.3, -0.25) is 4.58 Å². The predicted octanol–water partition coefficient (Wildman–Crippen LogP) is 5.81. The lowest BCUT2D eigenvalue weighted by atomic mass is 10.0. The third kappa shape index (κ3) is 22.4. The van der Waals surface area contributed by atoms with Crippen LogP contribution in [0, 0.1) is 0 Å². The third-order valence-electron chi connectivity index (χ3n) is 5.01. The molecule has 0 fully saturated rings. The van der Waals surface area contributed by atoms with Crippen molar-refractivity contribution in [2.75, 3.05) is 0 Å². The van der Waals surface area contributed by atoms with E-state index in [9.17, 15) is 0 Å². The zero-order chi connectivity index (χ0) is 20.4. The fraction of sp³-hybridized carbons (Fsp3) is 1.00. The van der Waals surface area contributed by atoms with E-state index >= 15 is 0 Å². The van der Waals surface area contributed by atoms with Crippen LogP contribution < -0.4 is 0 Å². The number of rotatable bonds is 20. The van der Waals surface area contributed by atoms with Gasteiger partial charge >= 0.3 is 9.05 Å². The van der Waals surface area contributed by atoms with Crippen molar-refractivity contribution in [1.29, 1.82) is 0 Å². The predicted molar refractivity (Wildman–Crippen MR) is 116 cm³/mol. The van der Waals surface area contributed by atoms with E-state index in [1.807, 2.05) is 13.1 Å². The summed E-state index contributed by atoms with van der Waals surface area (Å²) in [6.45, 7) is 6.19. The molecule has 0 unspecified atom stereocenters. The van der Waals surface area contributed by atoms with E-state index in [2.05, 4.69) is 11.5 Å². The molecule has 0 aromatic carbocycles. The molecule has 0 saturated carbocycles. The third-order valence-corrected chi connectivity index (χ3v) is 7.58. The lowest BCUT2D eigenvalue weighted by Crippen LogP contribution is -2.43. The Balaban J connectivity index is 3.27. The molecule has 3 N–H and O–H groups in total. The Morgan fingerprint density at radius 1 is 0.519 bits per heavy atom. The maximum atomic E-state index is 8.82. The molecule has 164 valence electrons. The average Bonchev–Trinajstić information content (AvgIpc) is 2.59. The van der Waals surface area contributed by atoms with Crippen LogP contribution in [0.2, 0.25) is 19.1 Å². The molecule has 0 spiro atoms. The molecule has 0 heterocycles. The zero-order valence-corrected chi connectivity index (χ0v) is 20.2. The Bertz CT molecular complexity index is 322. The van der Waals surface area contributed by atoms with Crippen LogP contribution in [-0.2, 0) is 9.15 Å². The van der Waals surface area contributed by atoms with Crippen molar-refractivity contribution >= 4 is 17.4 Å². The first kappa shape index (κ1) is 27.2.